The number of rotatable bonds is 0. The second kappa shape index (κ2) is 2.80. The first-order chi connectivity index (χ1) is 7.39. The minimum atomic E-state index is 0.290. The molecule has 0 aliphatic heterocycles. The van der Waals surface area contributed by atoms with Crippen LogP contribution < -0.4 is 0 Å². The van der Waals surface area contributed by atoms with Gasteiger partial charge in [0.1, 0.15) is 5.78 Å². The highest BCUT2D eigenvalue weighted by Gasteiger charge is 2.66. The molecule has 88 valence electrons. The van der Waals surface area contributed by atoms with Crippen LogP contribution in [0.2, 0.25) is 0 Å². The Balaban J connectivity index is 2.12. The monoisotopic (exact) mass is 218 g/mol. The van der Waals surface area contributed by atoms with Gasteiger partial charge in [0.2, 0.25) is 0 Å². The Hall–Kier alpha value is -0.590. The average molecular weight is 218 g/mol. The van der Waals surface area contributed by atoms with Gasteiger partial charge in [0.05, 0.1) is 0 Å². The van der Waals surface area contributed by atoms with Gasteiger partial charge in [-0.2, -0.15) is 0 Å². The van der Waals surface area contributed by atoms with E-state index >= 15 is 0 Å². The predicted molar refractivity (Wildman–Crippen MR) is 65.0 cm³/mol. The van der Waals surface area contributed by atoms with Gasteiger partial charge >= 0.3 is 0 Å². The van der Waals surface area contributed by atoms with E-state index in [0.717, 1.165) is 12.8 Å². The van der Waals surface area contributed by atoms with Gasteiger partial charge in [-0.15, -0.1) is 0 Å². The summed E-state index contributed by atoms with van der Waals surface area (Å²) in [6.45, 7) is 9.20. The molecule has 0 saturated heterocycles. The van der Waals surface area contributed by atoms with Gasteiger partial charge in [-0.3, -0.25) is 4.79 Å². The van der Waals surface area contributed by atoms with E-state index in [1.54, 1.807) is 5.57 Å². The molecule has 0 aromatic rings. The van der Waals surface area contributed by atoms with Gasteiger partial charge in [0.15, 0.2) is 0 Å². The molecule has 4 atom stereocenters. The van der Waals surface area contributed by atoms with Crippen LogP contribution in [0, 0.1) is 28.6 Å². The van der Waals surface area contributed by atoms with Crippen molar-refractivity contribution in [1.82, 2.24) is 0 Å². The second-order valence-electron chi connectivity index (χ2n) is 6.95. The number of Topliss-reactive ketones (excluding diaryl/α,β-unsaturated/α-hetero) is 1. The molecule has 0 bridgehead atoms. The van der Waals surface area contributed by atoms with Crippen LogP contribution in [0.25, 0.3) is 0 Å². The van der Waals surface area contributed by atoms with E-state index in [4.69, 9.17) is 0 Å². The molecule has 16 heavy (non-hydrogen) atoms. The first-order valence-corrected chi connectivity index (χ1v) is 6.59. The molecule has 0 aromatic carbocycles. The van der Waals surface area contributed by atoms with E-state index in [0.29, 0.717) is 28.4 Å². The molecule has 0 aromatic heterocycles. The van der Waals surface area contributed by atoms with Crippen molar-refractivity contribution in [3.8, 4) is 0 Å². The van der Waals surface area contributed by atoms with Crippen LogP contribution >= 0.6 is 0 Å². The molecule has 0 heterocycles. The number of allylic oxidation sites excluding steroid dienone is 2. The van der Waals surface area contributed by atoms with Crippen molar-refractivity contribution >= 4 is 5.78 Å². The molecule has 3 rings (SSSR count). The first-order valence-electron chi connectivity index (χ1n) is 6.59. The molecule has 1 unspecified atom stereocenters. The maximum Gasteiger partial charge on any atom is 0.136 e. The highest BCUT2D eigenvalue weighted by molar-refractivity contribution is 5.85. The number of carbonyl (C=O) groups excluding carboxylic acids is 1. The molecule has 0 radical (unpaired) electrons. The van der Waals surface area contributed by atoms with E-state index in [-0.39, 0.29) is 5.92 Å². The lowest BCUT2D eigenvalue weighted by molar-refractivity contribution is -0.122. The lowest BCUT2D eigenvalue weighted by Crippen LogP contribution is -2.33. The van der Waals surface area contributed by atoms with Crippen molar-refractivity contribution in [3.05, 3.63) is 11.6 Å². The fraction of sp³-hybridized carbons (Fsp3) is 0.800. The SMILES string of the molecule is CC1=CCC23[C@H](CC(=O)[C@@H]2C)C(C)(C)C[C@@H]13. The zero-order chi connectivity index (χ0) is 11.7. The predicted octanol–water partition coefficient (Wildman–Crippen LogP) is 3.59. The minimum Gasteiger partial charge on any atom is -0.299 e. The summed E-state index contributed by atoms with van der Waals surface area (Å²) in [6, 6.07) is 0. The van der Waals surface area contributed by atoms with Crippen LogP contribution in [0.5, 0.6) is 0 Å². The summed E-state index contributed by atoms with van der Waals surface area (Å²) in [7, 11) is 0. The molecule has 1 spiro atoms. The smallest absolute Gasteiger partial charge is 0.136 e. The molecule has 3 aliphatic rings. The van der Waals surface area contributed by atoms with Crippen LogP contribution in [-0.4, -0.2) is 5.78 Å². The van der Waals surface area contributed by atoms with Gasteiger partial charge in [-0.1, -0.05) is 32.4 Å². The van der Waals surface area contributed by atoms with Crippen LogP contribution in [0.15, 0.2) is 11.6 Å². The first kappa shape index (κ1) is 10.6. The Kier molecular flexibility index (Phi) is 1.85. The number of hydrogen-bond acceptors (Lipinski definition) is 1. The molecule has 0 amide bonds. The highest BCUT2D eigenvalue weighted by atomic mass is 16.1. The van der Waals surface area contributed by atoms with Crippen molar-refractivity contribution < 1.29 is 4.79 Å². The third kappa shape index (κ3) is 0.959. The quantitative estimate of drug-likeness (QED) is 0.568. The van der Waals surface area contributed by atoms with E-state index in [9.17, 15) is 4.79 Å². The van der Waals surface area contributed by atoms with E-state index < -0.39 is 0 Å². The van der Waals surface area contributed by atoms with Crippen molar-refractivity contribution in [2.24, 2.45) is 28.6 Å². The number of hydrogen-bond donors (Lipinski definition) is 0. The van der Waals surface area contributed by atoms with E-state index in [2.05, 4.69) is 33.8 Å². The fourth-order valence-corrected chi connectivity index (χ4v) is 5.10. The van der Waals surface area contributed by atoms with Gasteiger partial charge in [-0.25, -0.2) is 0 Å². The summed E-state index contributed by atoms with van der Waals surface area (Å²) in [5.74, 6) is 2.12. The largest absolute Gasteiger partial charge is 0.299 e. The molecule has 1 heteroatoms. The summed E-state index contributed by atoms with van der Waals surface area (Å²) in [6.07, 6.45) is 5.69. The van der Waals surface area contributed by atoms with Crippen LogP contribution in [-0.2, 0) is 4.79 Å². The molecular formula is C15H22O. The molecular weight excluding hydrogens is 196 g/mol. The molecule has 2 saturated carbocycles. The lowest BCUT2D eigenvalue weighted by Gasteiger charge is -2.36. The fourth-order valence-electron chi connectivity index (χ4n) is 5.10. The lowest BCUT2D eigenvalue weighted by atomic mass is 9.66. The summed E-state index contributed by atoms with van der Waals surface area (Å²) in [4.78, 5) is 12.1. The van der Waals surface area contributed by atoms with Gasteiger partial charge in [0, 0.05) is 12.3 Å². The molecule has 0 N–H and O–H groups in total. The Bertz CT molecular complexity index is 390. The topological polar surface area (TPSA) is 17.1 Å². The Morgan fingerprint density at radius 3 is 2.75 bits per heavy atom. The van der Waals surface area contributed by atoms with Gasteiger partial charge in [-0.05, 0) is 42.4 Å². The second-order valence-corrected chi connectivity index (χ2v) is 6.95. The van der Waals surface area contributed by atoms with Crippen LogP contribution in [0.4, 0.5) is 0 Å². The zero-order valence-corrected chi connectivity index (χ0v) is 10.8. The van der Waals surface area contributed by atoms with E-state index in [1.165, 1.54) is 6.42 Å². The summed E-state index contributed by atoms with van der Waals surface area (Å²) >= 11 is 0. The highest BCUT2D eigenvalue weighted by Crippen LogP contribution is 2.71. The van der Waals surface area contributed by atoms with E-state index in [1.807, 2.05) is 0 Å². The molecule has 3 aliphatic carbocycles. The number of carbonyl (C=O) groups is 1. The standard InChI is InChI=1S/C15H22O/c1-9-5-6-15-10(2)12(16)7-13(15)14(3,4)8-11(9)15/h5,10-11,13H,6-8H2,1-4H3/t10-,11-,13+,15?/m0/s1. The third-order valence-electron chi connectivity index (χ3n) is 5.99. The Labute approximate surface area is 98.3 Å². The van der Waals surface area contributed by atoms with Crippen molar-refractivity contribution in [3.63, 3.8) is 0 Å². The maximum absolute atomic E-state index is 12.1. The average Bonchev–Trinajstić information content (AvgIpc) is 2.72. The Morgan fingerprint density at radius 2 is 2.06 bits per heavy atom. The van der Waals surface area contributed by atoms with Crippen LogP contribution in [0.1, 0.15) is 47.0 Å². The summed E-state index contributed by atoms with van der Waals surface area (Å²) in [5, 5.41) is 0. The molecule has 2 fully saturated rings. The normalized spacial score (nSPS) is 49.1. The molecule has 1 nitrogen and oxygen atoms in total. The number of ketones is 1. The van der Waals surface area contributed by atoms with Gasteiger partial charge in [0.25, 0.3) is 0 Å². The summed E-state index contributed by atoms with van der Waals surface area (Å²) in [5.41, 5.74) is 2.22. The van der Waals surface area contributed by atoms with Crippen molar-refractivity contribution in [2.75, 3.05) is 0 Å². The Morgan fingerprint density at radius 1 is 1.38 bits per heavy atom. The summed E-state index contributed by atoms with van der Waals surface area (Å²) < 4.78 is 0. The van der Waals surface area contributed by atoms with Crippen molar-refractivity contribution in [1.29, 1.82) is 0 Å². The zero-order valence-electron chi connectivity index (χ0n) is 10.8. The maximum atomic E-state index is 12.1. The van der Waals surface area contributed by atoms with Crippen molar-refractivity contribution in [2.45, 2.75) is 47.0 Å². The minimum absolute atomic E-state index is 0.290. The van der Waals surface area contributed by atoms with Gasteiger partial charge < -0.3 is 0 Å². The van der Waals surface area contributed by atoms with Crippen LogP contribution in [0.3, 0.4) is 0 Å². The third-order valence-corrected chi connectivity index (χ3v) is 5.99.